The lowest BCUT2D eigenvalue weighted by Gasteiger charge is -2.15. The van der Waals surface area contributed by atoms with Crippen LogP contribution >= 0.6 is 31.9 Å². The predicted octanol–water partition coefficient (Wildman–Crippen LogP) is 6.16. The zero-order chi connectivity index (χ0) is 26.1. The van der Waals surface area contributed by atoms with Gasteiger partial charge in [0.2, 0.25) is 5.82 Å². The average molecular weight is 625 g/mol. The molecule has 0 amide bonds. The van der Waals surface area contributed by atoms with Gasteiger partial charge in [0.05, 0.1) is 33.2 Å². The molecule has 0 aliphatic heterocycles. The fourth-order valence-electron chi connectivity index (χ4n) is 3.76. The molecule has 37 heavy (non-hydrogen) atoms. The molecule has 2 heterocycles. The molecular formula is C27H19Br2N3O5. The second kappa shape index (κ2) is 10.3. The van der Waals surface area contributed by atoms with E-state index in [1.54, 1.807) is 37.3 Å². The van der Waals surface area contributed by atoms with Gasteiger partial charge in [-0.05, 0) is 80.7 Å². The summed E-state index contributed by atoms with van der Waals surface area (Å²) in [5.74, 6) is 0.638. The van der Waals surface area contributed by atoms with Crippen molar-refractivity contribution in [3.05, 3.63) is 91.6 Å². The molecule has 5 aromatic rings. The molecule has 8 nitrogen and oxygen atoms in total. The topological polar surface area (TPSA) is 95.9 Å². The van der Waals surface area contributed by atoms with Crippen molar-refractivity contribution in [1.29, 1.82) is 0 Å². The quantitative estimate of drug-likeness (QED) is 0.166. The van der Waals surface area contributed by atoms with Gasteiger partial charge < -0.3 is 13.9 Å². The third kappa shape index (κ3) is 4.94. The van der Waals surface area contributed by atoms with Crippen molar-refractivity contribution in [2.75, 3.05) is 7.11 Å². The number of fused-ring (bicyclic) bond motifs is 2. The summed E-state index contributed by atoms with van der Waals surface area (Å²) in [6.07, 6.45) is 0.735. The lowest BCUT2D eigenvalue weighted by atomic mass is 10.2. The Hall–Kier alpha value is -3.76. The minimum absolute atomic E-state index is 0.279. The SMILES string of the molecule is COC(=O)[C@H](C)Oc1c(Br)cc(C=Nn2c(-c3cc4ccccc4o3)nc3ccccc3c2=O)cc1Br. The third-order valence-corrected chi connectivity index (χ3v) is 6.75. The molecule has 0 N–H and O–H groups in total. The molecule has 1 atom stereocenters. The largest absolute Gasteiger partial charge is 0.477 e. The van der Waals surface area contributed by atoms with Crippen LogP contribution in [0.25, 0.3) is 33.5 Å². The summed E-state index contributed by atoms with van der Waals surface area (Å²) in [6.45, 7) is 1.60. The number of halogens is 2. The van der Waals surface area contributed by atoms with Gasteiger partial charge in [0.1, 0.15) is 11.3 Å². The van der Waals surface area contributed by atoms with Crippen molar-refractivity contribution in [3.8, 4) is 17.3 Å². The van der Waals surface area contributed by atoms with Gasteiger partial charge in [0.15, 0.2) is 11.9 Å². The average Bonchev–Trinajstić information content (AvgIpc) is 3.33. The number of aromatic nitrogens is 2. The van der Waals surface area contributed by atoms with E-state index in [1.165, 1.54) is 18.0 Å². The molecule has 0 saturated carbocycles. The number of benzene rings is 3. The number of carbonyl (C=O) groups is 1. The van der Waals surface area contributed by atoms with Gasteiger partial charge in [-0.25, -0.2) is 9.78 Å². The smallest absolute Gasteiger partial charge is 0.346 e. The van der Waals surface area contributed by atoms with E-state index in [4.69, 9.17) is 18.9 Å². The van der Waals surface area contributed by atoms with Gasteiger partial charge in [0, 0.05) is 5.39 Å². The molecule has 10 heteroatoms. The molecule has 0 unspecified atom stereocenters. The lowest BCUT2D eigenvalue weighted by molar-refractivity contribution is -0.147. The molecule has 186 valence electrons. The monoisotopic (exact) mass is 623 g/mol. The van der Waals surface area contributed by atoms with E-state index in [0.29, 0.717) is 42.5 Å². The van der Waals surface area contributed by atoms with Crippen LogP contribution in [0.5, 0.6) is 5.75 Å². The summed E-state index contributed by atoms with van der Waals surface area (Å²) in [6, 6.07) is 20.0. The second-order valence-corrected chi connectivity index (χ2v) is 9.77. The Balaban J connectivity index is 1.59. The van der Waals surface area contributed by atoms with Gasteiger partial charge >= 0.3 is 5.97 Å². The van der Waals surface area contributed by atoms with Gasteiger partial charge in [0.25, 0.3) is 5.56 Å². The first kappa shape index (κ1) is 24.9. The number of hydrogen-bond donors (Lipinski definition) is 0. The van der Waals surface area contributed by atoms with Gasteiger partial charge in [-0.2, -0.15) is 9.78 Å². The third-order valence-electron chi connectivity index (χ3n) is 5.57. The van der Waals surface area contributed by atoms with Crippen LogP contribution in [0.1, 0.15) is 12.5 Å². The first-order valence-electron chi connectivity index (χ1n) is 11.1. The fraction of sp³-hybridized carbons (Fsp3) is 0.111. The second-order valence-electron chi connectivity index (χ2n) is 8.06. The van der Waals surface area contributed by atoms with E-state index in [1.807, 2.05) is 36.4 Å². The van der Waals surface area contributed by atoms with Gasteiger partial charge in [-0.1, -0.05) is 30.3 Å². The molecule has 0 fully saturated rings. The van der Waals surface area contributed by atoms with Crippen molar-refractivity contribution < 1.29 is 18.7 Å². The number of esters is 1. The Labute approximate surface area is 227 Å². The Morgan fingerprint density at radius 1 is 1.08 bits per heavy atom. The molecule has 0 saturated heterocycles. The summed E-state index contributed by atoms with van der Waals surface area (Å²) >= 11 is 6.95. The zero-order valence-corrected chi connectivity index (χ0v) is 22.8. The molecule has 3 aromatic carbocycles. The first-order chi connectivity index (χ1) is 17.9. The highest BCUT2D eigenvalue weighted by atomic mass is 79.9. The van der Waals surface area contributed by atoms with Crippen molar-refractivity contribution in [1.82, 2.24) is 9.66 Å². The number of para-hydroxylation sites is 2. The van der Waals surface area contributed by atoms with Crippen molar-refractivity contribution >= 4 is 65.9 Å². The van der Waals surface area contributed by atoms with Crippen LogP contribution in [0.2, 0.25) is 0 Å². The number of hydrogen-bond acceptors (Lipinski definition) is 7. The maximum Gasteiger partial charge on any atom is 0.346 e. The molecule has 5 rings (SSSR count). The summed E-state index contributed by atoms with van der Waals surface area (Å²) in [4.78, 5) is 29.9. The number of methoxy groups -OCH3 is 1. The van der Waals surface area contributed by atoms with Gasteiger partial charge in [-0.3, -0.25) is 4.79 Å². The first-order valence-corrected chi connectivity index (χ1v) is 12.7. The molecule has 0 spiro atoms. The highest BCUT2D eigenvalue weighted by Crippen LogP contribution is 2.35. The maximum atomic E-state index is 13.4. The minimum Gasteiger partial charge on any atom is -0.477 e. The van der Waals surface area contributed by atoms with Gasteiger partial charge in [-0.15, -0.1) is 0 Å². The fourth-order valence-corrected chi connectivity index (χ4v) is 5.17. The molecule has 0 aliphatic rings. The maximum absolute atomic E-state index is 13.4. The Morgan fingerprint density at radius 3 is 2.51 bits per heavy atom. The van der Waals surface area contributed by atoms with Crippen LogP contribution in [0.15, 0.2) is 90.0 Å². The number of nitrogens with zero attached hydrogens (tertiary/aromatic N) is 3. The number of rotatable bonds is 6. The normalized spacial score (nSPS) is 12.3. The van der Waals surface area contributed by atoms with E-state index in [2.05, 4.69) is 37.0 Å². The Morgan fingerprint density at radius 2 is 1.78 bits per heavy atom. The molecule has 0 radical (unpaired) electrons. The summed E-state index contributed by atoms with van der Waals surface area (Å²) in [5.41, 5.74) is 1.55. The highest BCUT2D eigenvalue weighted by molar-refractivity contribution is 9.11. The molecular weight excluding hydrogens is 606 g/mol. The minimum atomic E-state index is -0.800. The molecule has 2 aromatic heterocycles. The lowest BCUT2D eigenvalue weighted by Crippen LogP contribution is -2.25. The zero-order valence-electron chi connectivity index (χ0n) is 19.6. The number of ether oxygens (including phenoxy) is 2. The van der Waals surface area contributed by atoms with Crippen molar-refractivity contribution in [2.45, 2.75) is 13.0 Å². The van der Waals surface area contributed by atoms with Crippen LogP contribution in [0.4, 0.5) is 0 Å². The van der Waals surface area contributed by atoms with Crippen LogP contribution in [0.3, 0.4) is 0 Å². The molecule has 0 bridgehead atoms. The van der Waals surface area contributed by atoms with E-state index in [0.717, 1.165) is 5.39 Å². The summed E-state index contributed by atoms with van der Waals surface area (Å²) in [5, 5.41) is 5.81. The number of carbonyl (C=O) groups excluding carboxylic acids is 1. The van der Waals surface area contributed by atoms with E-state index >= 15 is 0 Å². The van der Waals surface area contributed by atoms with E-state index < -0.39 is 12.1 Å². The summed E-state index contributed by atoms with van der Waals surface area (Å²) < 4.78 is 18.9. The predicted molar refractivity (Wildman–Crippen MR) is 148 cm³/mol. The highest BCUT2D eigenvalue weighted by Gasteiger charge is 2.19. The van der Waals surface area contributed by atoms with E-state index in [-0.39, 0.29) is 11.4 Å². The van der Waals surface area contributed by atoms with Crippen molar-refractivity contribution in [2.24, 2.45) is 5.10 Å². The van der Waals surface area contributed by atoms with E-state index in [9.17, 15) is 9.59 Å². The van der Waals surface area contributed by atoms with Crippen molar-refractivity contribution in [3.63, 3.8) is 0 Å². The summed E-state index contributed by atoms with van der Waals surface area (Å²) in [7, 11) is 1.30. The Kier molecular flexibility index (Phi) is 6.94. The van der Waals surface area contributed by atoms with Crippen LogP contribution < -0.4 is 10.3 Å². The molecule has 0 aliphatic carbocycles. The van der Waals surface area contributed by atoms with Crippen LogP contribution in [-0.2, 0) is 9.53 Å². The van der Waals surface area contributed by atoms with Crippen LogP contribution in [-0.4, -0.2) is 35.1 Å². The standard InChI is InChI=1S/C27H19Br2N3O5/c1-15(27(34)35-2)36-24-19(28)11-16(12-20(24)29)14-30-32-25(23-13-17-7-3-6-10-22(17)37-23)31-21-9-5-4-8-18(21)26(32)33/h3-15H,1-2H3/t15-/m0/s1. The number of furan rings is 1. The Bertz CT molecular complexity index is 1690. The van der Waals surface area contributed by atoms with Crippen LogP contribution in [0, 0.1) is 0 Å².